The number of carbonyl (C=O) groups excluding carboxylic acids is 2. The highest BCUT2D eigenvalue weighted by atomic mass is 16.5. The van der Waals surface area contributed by atoms with Crippen LogP contribution in [-0.2, 0) is 0 Å². The fourth-order valence-electron chi connectivity index (χ4n) is 1.37. The van der Waals surface area contributed by atoms with Gasteiger partial charge in [-0.1, -0.05) is 0 Å². The van der Waals surface area contributed by atoms with Crippen LogP contribution in [0, 0.1) is 0 Å². The maximum atomic E-state index is 11.8. The molecule has 0 aliphatic heterocycles. The zero-order chi connectivity index (χ0) is 13.7. The van der Waals surface area contributed by atoms with Crippen molar-refractivity contribution >= 4 is 11.9 Å². The average Bonchev–Trinajstić information content (AvgIpc) is 2.48. The lowest BCUT2D eigenvalue weighted by atomic mass is 10.2. The number of nitrogen functional groups attached to an aromatic ring is 1. The summed E-state index contributed by atoms with van der Waals surface area (Å²) in [7, 11) is 0. The van der Waals surface area contributed by atoms with Crippen LogP contribution in [0.3, 0.4) is 0 Å². The minimum atomic E-state index is -0.610. The van der Waals surface area contributed by atoms with E-state index in [0.29, 0.717) is 5.56 Å². The van der Waals surface area contributed by atoms with Crippen LogP contribution in [0.1, 0.15) is 20.7 Å². The number of nitrogens with two attached hydrogens (primary N) is 1. The summed E-state index contributed by atoms with van der Waals surface area (Å²) in [6.45, 7) is 0. The molecule has 0 bridgehead atoms. The number of carbonyl (C=O) groups is 2. The highest BCUT2D eigenvalue weighted by molar-refractivity contribution is 5.98. The Bertz CT molecular complexity index is 601. The monoisotopic (exact) mass is 258 g/mol. The topological polar surface area (TPSA) is 107 Å². The first-order chi connectivity index (χ1) is 9.22. The Labute approximate surface area is 108 Å². The highest BCUT2D eigenvalue weighted by Gasteiger charge is 2.15. The van der Waals surface area contributed by atoms with E-state index in [2.05, 4.69) is 9.97 Å². The Hall–Kier alpha value is -2.80. The van der Waals surface area contributed by atoms with Crippen LogP contribution >= 0.6 is 0 Å². The minimum absolute atomic E-state index is 0.0345. The van der Waals surface area contributed by atoms with Gasteiger partial charge in [0.25, 0.3) is 5.91 Å². The molecule has 0 radical (unpaired) electrons. The quantitative estimate of drug-likeness (QED) is 0.355. The molecule has 0 aliphatic rings. The molecule has 19 heavy (non-hydrogen) atoms. The Morgan fingerprint density at radius 2 is 1.79 bits per heavy atom. The van der Waals surface area contributed by atoms with Gasteiger partial charge in [0.2, 0.25) is 0 Å². The van der Waals surface area contributed by atoms with E-state index in [1.807, 2.05) is 5.43 Å². The molecule has 0 saturated heterocycles. The van der Waals surface area contributed by atoms with E-state index in [1.54, 1.807) is 0 Å². The summed E-state index contributed by atoms with van der Waals surface area (Å²) < 4.78 is 5.11. The van der Waals surface area contributed by atoms with E-state index < -0.39 is 11.9 Å². The minimum Gasteiger partial charge on any atom is -0.420 e. The summed E-state index contributed by atoms with van der Waals surface area (Å²) in [4.78, 5) is 30.9. The van der Waals surface area contributed by atoms with Crippen molar-refractivity contribution in [2.75, 3.05) is 0 Å². The van der Waals surface area contributed by atoms with Crippen LogP contribution < -0.4 is 16.0 Å². The van der Waals surface area contributed by atoms with Crippen LogP contribution in [0.5, 0.6) is 5.75 Å². The summed E-state index contributed by atoms with van der Waals surface area (Å²) in [5.41, 5.74) is 2.41. The largest absolute Gasteiger partial charge is 0.420 e. The molecule has 2 aromatic heterocycles. The van der Waals surface area contributed by atoms with E-state index in [-0.39, 0.29) is 11.3 Å². The third-order valence-corrected chi connectivity index (χ3v) is 2.28. The SMILES string of the molecule is NNC(=O)c1ccncc1OC(=O)c1ccncc1. The van der Waals surface area contributed by atoms with Crippen LogP contribution in [0.2, 0.25) is 0 Å². The van der Waals surface area contributed by atoms with E-state index in [9.17, 15) is 9.59 Å². The van der Waals surface area contributed by atoms with Gasteiger partial charge in [-0.3, -0.25) is 20.2 Å². The van der Waals surface area contributed by atoms with Gasteiger partial charge in [-0.15, -0.1) is 0 Å². The van der Waals surface area contributed by atoms with Gasteiger partial charge in [0.15, 0.2) is 5.75 Å². The van der Waals surface area contributed by atoms with Crippen LogP contribution in [0.15, 0.2) is 43.0 Å². The fraction of sp³-hybridized carbons (Fsp3) is 0. The van der Waals surface area contributed by atoms with Gasteiger partial charge in [0.1, 0.15) is 0 Å². The van der Waals surface area contributed by atoms with E-state index in [1.165, 1.54) is 43.0 Å². The molecule has 0 atom stereocenters. The maximum Gasteiger partial charge on any atom is 0.343 e. The molecular formula is C12H10N4O3. The second kappa shape index (κ2) is 5.69. The fourth-order valence-corrected chi connectivity index (χ4v) is 1.37. The Morgan fingerprint density at radius 1 is 1.11 bits per heavy atom. The van der Waals surface area contributed by atoms with Gasteiger partial charge in [-0.25, -0.2) is 10.6 Å². The number of hydrazine groups is 1. The number of nitrogens with one attached hydrogen (secondary N) is 1. The van der Waals surface area contributed by atoms with Gasteiger partial charge in [0, 0.05) is 18.6 Å². The number of aromatic nitrogens is 2. The molecule has 0 saturated carbocycles. The molecule has 2 rings (SSSR count). The standard InChI is InChI=1S/C12H10N4O3/c13-16-11(17)9-3-6-15-7-10(9)19-12(18)8-1-4-14-5-2-8/h1-7H,13H2,(H,16,17). The summed E-state index contributed by atoms with van der Waals surface area (Å²) >= 11 is 0. The molecule has 3 N–H and O–H groups in total. The first-order valence-electron chi connectivity index (χ1n) is 5.29. The van der Waals surface area contributed by atoms with Crippen LogP contribution in [-0.4, -0.2) is 21.8 Å². The molecule has 2 heterocycles. The number of rotatable bonds is 3. The third kappa shape index (κ3) is 2.90. The van der Waals surface area contributed by atoms with Crippen LogP contribution in [0.25, 0.3) is 0 Å². The lowest BCUT2D eigenvalue weighted by Gasteiger charge is -2.08. The normalized spacial score (nSPS) is 9.74. The summed E-state index contributed by atoms with van der Waals surface area (Å²) in [5.74, 6) is 3.90. The van der Waals surface area contributed by atoms with E-state index >= 15 is 0 Å². The number of hydrogen-bond donors (Lipinski definition) is 2. The maximum absolute atomic E-state index is 11.8. The molecule has 7 heteroatoms. The van der Waals surface area contributed by atoms with Crippen molar-refractivity contribution in [1.29, 1.82) is 0 Å². The Kier molecular flexibility index (Phi) is 3.79. The summed E-state index contributed by atoms with van der Waals surface area (Å²) in [6.07, 6.45) is 5.60. The zero-order valence-corrected chi connectivity index (χ0v) is 9.74. The van der Waals surface area contributed by atoms with Crippen molar-refractivity contribution in [3.05, 3.63) is 54.1 Å². The number of esters is 1. The number of pyridine rings is 2. The Balaban J connectivity index is 2.25. The van der Waals surface area contributed by atoms with Crippen LogP contribution in [0.4, 0.5) is 0 Å². The molecule has 1 amide bonds. The molecular weight excluding hydrogens is 248 g/mol. The predicted molar refractivity (Wildman–Crippen MR) is 65.1 cm³/mol. The van der Waals surface area contributed by atoms with Crippen molar-refractivity contribution in [3.8, 4) is 5.75 Å². The lowest BCUT2D eigenvalue weighted by molar-refractivity contribution is 0.0731. The van der Waals surface area contributed by atoms with Crippen molar-refractivity contribution in [2.24, 2.45) is 5.84 Å². The number of ether oxygens (including phenoxy) is 1. The van der Waals surface area contributed by atoms with Gasteiger partial charge in [-0.05, 0) is 18.2 Å². The molecule has 0 unspecified atom stereocenters. The number of amides is 1. The summed E-state index contributed by atoms with van der Waals surface area (Å²) in [5, 5.41) is 0. The van der Waals surface area contributed by atoms with Crippen molar-refractivity contribution in [1.82, 2.24) is 15.4 Å². The second-order valence-electron chi connectivity index (χ2n) is 3.47. The first kappa shape index (κ1) is 12.7. The lowest BCUT2D eigenvalue weighted by Crippen LogP contribution is -2.30. The zero-order valence-electron chi connectivity index (χ0n) is 9.74. The number of hydrogen-bond acceptors (Lipinski definition) is 6. The smallest absolute Gasteiger partial charge is 0.343 e. The van der Waals surface area contributed by atoms with Crippen molar-refractivity contribution in [2.45, 2.75) is 0 Å². The first-order valence-corrected chi connectivity index (χ1v) is 5.29. The molecule has 96 valence electrons. The molecule has 2 aromatic rings. The summed E-state index contributed by atoms with van der Waals surface area (Å²) in [6, 6.07) is 4.40. The molecule has 0 fully saturated rings. The predicted octanol–water partition coefficient (Wildman–Crippen LogP) is 0.299. The van der Waals surface area contributed by atoms with E-state index in [4.69, 9.17) is 10.6 Å². The van der Waals surface area contributed by atoms with Gasteiger partial charge in [-0.2, -0.15) is 0 Å². The van der Waals surface area contributed by atoms with Crippen molar-refractivity contribution in [3.63, 3.8) is 0 Å². The average molecular weight is 258 g/mol. The van der Waals surface area contributed by atoms with E-state index in [0.717, 1.165) is 0 Å². The van der Waals surface area contributed by atoms with Crippen molar-refractivity contribution < 1.29 is 14.3 Å². The Morgan fingerprint density at radius 3 is 2.47 bits per heavy atom. The number of nitrogens with zero attached hydrogens (tertiary/aromatic N) is 2. The second-order valence-corrected chi connectivity index (χ2v) is 3.47. The van der Waals surface area contributed by atoms with Gasteiger partial charge >= 0.3 is 5.97 Å². The molecule has 0 aliphatic carbocycles. The van der Waals surface area contributed by atoms with Gasteiger partial charge in [0.05, 0.1) is 17.3 Å². The molecule has 7 nitrogen and oxygen atoms in total. The third-order valence-electron chi connectivity index (χ3n) is 2.28. The molecule has 0 aromatic carbocycles. The highest BCUT2D eigenvalue weighted by Crippen LogP contribution is 2.17. The van der Waals surface area contributed by atoms with Gasteiger partial charge < -0.3 is 4.74 Å². The molecule has 0 spiro atoms.